The SMILES string of the molecule is CC(C)n1nccc1C(=O)N[C@H]1CC[C@@H](Nc2cccc3nc(C(F)(F)F)cn23)CC1. The molecular formula is C21H25F3N6O. The first-order chi connectivity index (χ1) is 14.7. The number of nitrogens with zero attached hydrogens (tertiary/aromatic N) is 4. The minimum atomic E-state index is -4.48. The predicted octanol–water partition coefficient (Wildman–Crippen LogP) is 4.28. The van der Waals surface area contributed by atoms with E-state index in [9.17, 15) is 18.0 Å². The van der Waals surface area contributed by atoms with Gasteiger partial charge in [-0.2, -0.15) is 18.3 Å². The highest BCUT2D eigenvalue weighted by Crippen LogP contribution is 2.30. The summed E-state index contributed by atoms with van der Waals surface area (Å²) in [7, 11) is 0. The number of carbonyl (C=O) groups is 1. The predicted molar refractivity (Wildman–Crippen MR) is 110 cm³/mol. The molecule has 1 fully saturated rings. The zero-order chi connectivity index (χ0) is 22.2. The zero-order valence-electron chi connectivity index (χ0n) is 17.4. The maximum atomic E-state index is 13.0. The third-order valence-electron chi connectivity index (χ3n) is 5.59. The Hall–Kier alpha value is -3.04. The van der Waals surface area contributed by atoms with Gasteiger partial charge in [0.05, 0.1) is 0 Å². The van der Waals surface area contributed by atoms with E-state index in [1.165, 1.54) is 4.40 Å². The van der Waals surface area contributed by atoms with Crippen LogP contribution >= 0.6 is 0 Å². The standard InChI is InChI=1S/C21H25F3N6O/c1-13(2)30-16(10-11-25-30)20(31)27-15-8-6-14(7-9-15)26-18-4-3-5-19-28-17(12-29(18)19)21(22,23)24/h3-5,10-15,26H,6-9H2,1-2H3,(H,27,31)/t14-,15+. The Balaban J connectivity index is 1.37. The number of carbonyl (C=O) groups excluding carboxylic acids is 1. The summed E-state index contributed by atoms with van der Waals surface area (Å²) < 4.78 is 42.1. The molecule has 3 aromatic heterocycles. The minimum absolute atomic E-state index is 0.0573. The van der Waals surface area contributed by atoms with Gasteiger partial charge >= 0.3 is 6.18 Å². The van der Waals surface area contributed by atoms with E-state index >= 15 is 0 Å². The summed E-state index contributed by atoms with van der Waals surface area (Å²) in [5.74, 6) is 0.444. The van der Waals surface area contributed by atoms with Crippen molar-refractivity contribution >= 4 is 17.4 Å². The van der Waals surface area contributed by atoms with E-state index in [0.717, 1.165) is 31.9 Å². The van der Waals surface area contributed by atoms with Crippen molar-refractivity contribution < 1.29 is 18.0 Å². The molecule has 0 bridgehead atoms. The number of amides is 1. The molecule has 31 heavy (non-hydrogen) atoms. The number of pyridine rings is 1. The highest BCUT2D eigenvalue weighted by molar-refractivity contribution is 5.92. The van der Waals surface area contributed by atoms with Crippen LogP contribution in [0.25, 0.3) is 5.65 Å². The molecule has 2 N–H and O–H groups in total. The minimum Gasteiger partial charge on any atom is -0.368 e. The number of rotatable bonds is 5. The molecule has 3 heterocycles. The fourth-order valence-electron chi connectivity index (χ4n) is 4.02. The number of fused-ring (bicyclic) bond motifs is 1. The Labute approximate surface area is 177 Å². The van der Waals surface area contributed by atoms with E-state index in [0.29, 0.717) is 11.5 Å². The van der Waals surface area contributed by atoms with E-state index in [4.69, 9.17) is 0 Å². The Kier molecular flexibility index (Phi) is 5.63. The van der Waals surface area contributed by atoms with E-state index < -0.39 is 11.9 Å². The second-order valence-electron chi connectivity index (χ2n) is 8.18. The average molecular weight is 434 g/mol. The molecule has 7 nitrogen and oxygen atoms in total. The first kappa shape index (κ1) is 21.2. The van der Waals surface area contributed by atoms with Gasteiger partial charge in [-0.3, -0.25) is 13.9 Å². The second kappa shape index (κ2) is 8.24. The third-order valence-corrected chi connectivity index (χ3v) is 5.59. The molecule has 0 spiro atoms. The summed E-state index contributed by atoms with van der Waals surface area (Å²) in [5.41, 5.74) is -0.114. The number of anilines is 1. The molecule has 0 saturated heterocycles. The molecule has 0 radical (unpaired) electrons. The number of hydrogen-bond donors (Lipinski definition) is 2. The van der Waals surface area contributed by atoms with Crippen LogP contribution in [-0.2, 0) is 6.18 Å². The van der Waals surface area contributed by atoms with Crippen molar-refractivity contribution in [2.45, 2.75) is 63.8 Å². The van der Waals surface area contributed by atoms with Crippen molar-refractivity contribution in [3.63, 3.8) is 0 Å². The summed E-state index contributed by atoms with van der Waals surface area (Å²) >= 11 is 0. The monoisotopic (exact) mass is 434 g/mol. The zero-order valence-corrected chi connectivity index (χ0v) is 17.4. The summed E-state index contributed by atoms with van der Waals surface area (Å²) in [6.07, 6.45) is 1.32. The van der Waals surface area contributed by atoms with E-state index in [1.54, 1.807) is 35.1 Å². The molecule has 1 aliphatic carbocycles. The smallest absolute Gasteiger partial charge is 0.368 e. The van der Waals surface area contributed by atoms with Crippen LogP contribution in [-0.4, -0.2) is 37.2 Å². The largest absolute Gasteiger partial charge is 0.434 e. The van der Waals surface area contributed by atoms with Gasteiger partial charge in [0.15, 0.2) is 5.69 Å². The molecule has 0 aromatic carbocycles. The van der Waals surface area contributed by atoms with Crippen molar-refractivity contribution in [2.75, 3.05) is 5.32 Å². The normalized spacial score (nSPS) is 19.7. The summed E-state index contributed by atoms with van der Waals surface area (Å²) in [6.45, 7) is 3.94. The topological polar surface area (TPSA) is 76.2 Å². The number of imidazole rings is 1. The van der Waals surface area contributed by atoms with Gasteiger partial charge in [0.2, 0.25) is 0 Å². The van der Waals surface area contributed by atoms with Gasteiger partial charge in [-0.1, -0.05) is 6.07 Å². The molecule has 1 amide bonds. The molecule has 10 heteroatoms. The Bertz CT molecular complexity index is 1060. The lowest BCUT2D eigenvalue weighted by Gasteiger charge is -2.30. The molecule has 0 atom stereocenters. The molecule has 1 aliphatic rings. The van der Waals surface area contributed by atoms with Crippen LogP contribution in [0.3, 0.4) is 0 Å². The Morgan fingerprint density at radius 1 is 1.13 bits per heavy atom. The lowest BCUT2D eigenvalue weighted by molar-refractivity contribution is -0.140. The highest BCUT2D eigenvalue weighted by Gasteiger charge is 2.34. The first-order valence-electron chi connectivity index (χ1n) is 10.4. The maximum absolute atomic E-state index is 13.0. The van der Waals surface area contributed by atoms with Crippen LogP contribution in [0, 0.1) is 0 Å². The van der Waals surface area contributed by atoms with Gasteiger partial charge in [0.1, 0.15) is 17.2 Å². The maximum Gasteiger partial charge on any atom is 0.434 e. The van der Waals surface area contributed by atoms with Gasteiger partial charge in [0.25, 0.3) is 5.91 Å². The van der Waals surface area contributed by atoms with Crippen LogP contribution in [0.2, 0.25) is 0 Å². The van der Waals surface area contributed by atoms with Crippen molar-refractivity contribution in [1.82, 2.24) is 24.5 Å². The second-order valence-corrected chi connectivity index (χ2v) is 8.18. The Morgan fingerprint density at radius 3 is 2.52 bits per heavy atom. The summed E-state index contributed by atoms with van der Waals surface area (Å²) in [4.78, 5) is 16.3. The fraction of sp³-hybridized carbons (Fsp3) is 0.476. The summed E-state index contributed by atoms with van der Waals surface area (Å²) in [6, 6.07) is 6.96. The highest BCUT2D eigenvalue weighted by atomic mass is 19.4. The number of halogens is 3. The molecule has 3 aromatic rings. The van der Waals surface area contributed by atoms with E-state index in [2.05, 4.69) is 20.7 Å². The lowest BCUT2D eigenvalue weighted by atomic mass is 9.91. The molecule has 0 aliphatic heterocycles. The van der Waals surface area contributed by atoms with Gasteiger partial charge in [-0.15, -0.1) is 0 Å². The average Bonchev–Trinajstić information content (AvgIpc) is 3.37. The number of alkyl halides is 3. The van der Waals surface area contributed by atoms with Crippen LogP contribution in [0.15, 0.2) is 36.7 Å². The van der Waals surface area contributed by atoms with Gasteiger partial charge < -0.3 is 10.6 Å². The fourth-order valence-corrected chi connectivity index (χ4v) is 4.02. The van der Waals surface area contributed by atoms with Crippen molar-refractivity contribution in [2.24, 2.45) is 0 Å². The molecule has 0 unspecified atom stereocenters. The molecule has 4 rings (SSSR count). The number of hydrogen-bond acceptors (Lipinski definition) is 4. The van der Waals surface area contributed by atoms with Gasteiger partial charge in [-0.05, 0) is 57.7 Å². The van der Waals surface area contributed by atoms with Gasteiger partial charge in [0, 0.05) is 30.5 Å². The summed E-state index contributed by atoms with van der Waals surface area (Å²) in [5, 5.41) is 10.6. The quantitative estimate of drug-likeness (QED) is 0.628. The van der Waals surface area contributed by atoms with E-state index in [-0.39, 0.29) is 29.7 Å². The Morgan fingerprint density at radius 2 is 1.84 bits per heavy atom. The van der Waals surface area contributed by atoms with Crippen LogP contribution < -0.4 is 10.6 Å². The first-order valence-corrected chi connectivity index (χ1v) is 10.4. The van der Waals surface area contributed by atoms with Crippen molar-refractivity contribution in [3.05, 3.63) is 48.0 Å². The van der Waals surface area contributed by atoms with Crippen LogP contribution in [0.5, 0.6) is 0 Å². The number of aromatic nitrogens is 4. The molecule has 1 saturated carbocycles. The van der Waals surface area contributed by atoms with Crippen molar-refractivity contribution in [1.29, 1.82) is 0 Å². The van der Waals surface area contributed by atoms with E-state index in [1.807, 2.05) is 13.8 Å². The van der Waals surface area contributed by atoms with Crippen molar-refractivity contribution in [3.8, 4) is 0 Å². The third kappa shape index (κ3) is 4.52. The molecule has 166 valence electrons. The van der Waals surface area contributed by atoms with Gasteiger partial charge in [-0.25, -0.2) is 4.98 Å². The number of nitrogens with one attached hydrogen (secondary N) is 2. The van der Waals surface area contributed by atoms with Crippen LogP contribution in [0.4, 0.5) is 19.0 Å². The van der Waals surface area contributed by atoms with Crippen LogP contribution in [0.1, 0.15) is 61.8 Å². The lowest BCUT2D eigenvalue weighted by Crippen LogP contribution is -2.41. The molecular weight excluding hydrogens is 409 g/mol.